The molecule has 4 aromatic carbocycles. The van der Waals surface area contributed by atoms with Crippen molar-refractivity contribution < 1.29 is 14.2 Å². The summed E-state index contributed by atoms with van der Waals surface area (Å²) in [7, 11) is 0. The Balaban J connectivity index is 1.45. The van der Waals surface area contributed by atoms with Crippen LogP contribution in [-0.4, -0.2) is 6.94 Å². The van der Waals surface area contributed by atoms with Gasteiger partial charge in [0.05, 0.1) is 0 Å². The van der Waals surface area contributed by atoms with E-state index >= 15 is 0 Å². The van der Waals surface area contributed by atoms with Gasteiger partial charge in [0.25, 0.3) is 0 Å². The predicted octanol–water partition coefficient (Wildman–Crippen LogP) is 11.6. The van der Waals surface area contributed by atoms with Gasteiger partial charge >= 0.3 is 252 Å². The summed E-state index contributed by atoms with van der Waals surface area (Å²) in [6.07, 6.45) is 10.0. The van der Waals surface area contributed by atoms with Crippen LogP contribution in [0.1, 0.15) is 80.3 Å². The van der Waals surface area contributed by atoms with Crippen molar-refractivity contribution in [1.82, 2.24) is 0 Å². The SMILES string of the molecule is CC(C)c1ccc(-c2cccc3c2C=C[CH]3[Hf]([CH3])([CH3])([CH3])([CH3])(=[SiH2])[CH]2C=Cc3c(-c4ccc(C(C)C)cc4)cccc32)cc1. The van der Waals surface area contributed by atoms with E-state index in [1.807, 2.05) is 0 Å². The molecule has 0 N–H and O–H groups in total. The van der Waals surface area contributed by atoms with Crippen LogP contribution in [0.4, 0.5) is 0 Å². The third kappa shape index (κ3) is 4.65. The van der Waals surface area contributed by atoms with Gasteiger partial charge in [0.2, 0.25) is 0 Å². The molecule has 2 aliphatic rings. The Morgan fingerprint density at radius 2 is 0.881 bits per heavy atom. The molecule has 0 radical (unpaired) electrons. The quantitative estimate of drug-likeness (QED) is 0.173. The van der Waals surface area contributed by atoms with E-state index in [-0.39, 0.29) is 0 Å². The van der Waals surface area contributed by atoms with E-state index in [4.69, 9.17) is 0 Å². The molecule has 0 heterocycles. The normalized spacial score (nSPS) is 20.2. The molecule has 2 aliphatic carbocycles. The van der Waals surface area contributed by atoms with Crippen LogP contribution in [0.2, 0.25) is 18.7 Å². The van der Waals surface area contributed by atoms with Gasteiger partial charge in [0.15, 0.2) is 0 Å². The summed E-state index contributed by atoms with van der Waals surface area (Å²) in [6, 6.07) is 32.5. The maximum absolute atomic E-state index is 4.74. The van der Waals surface area contributed by atoms with Gasteiger partial charge in [-0.05, 0) is 0 Å². The fraction of sp³-hybridized carbons (Fsp3) is 0.300. The van der Waals surface area contributed by atoms with Crippen LogP contribution in [0.15, 0.2) is 97.1 Å². The maximum atomic E-state index is 2.73. The van der Waals surface area contributed by atoms with Gasteiger partial charge in [-0.25, -0.2) is 0 Å². The first-order chi connectivity index (χ1) is 19.5. The summed E-state index contributed by atoms with van der Waals surface area (Å²) in [5, 5.41) is 0. The molecule has 2 unspecified atom stereocenters. The predicted molar refractivity (Wildman–Crippen MR) is 187 cm³/mol. The van der Waals surface area contributed by atoms with Crippen LogP contribution in [0.25, 0.3) is 34.4 Å². The zero-order chi connectivity index (χ0) is 30.2. The van der Waals surface area contributed by atoms with Gasteiger partial charge in [0.1, 0.15) is 0 Å². The van der Waals surface area contributed by atoms with E-state index in [0.717, 1.165) is 0 Å². The molecule has 2 atom stereocenters. The minimum absolute atomic E-state index is 0.409. The van der Waals surface area contributed by atoms with E-state index in [1.54, 1.807) is 0 Å². The zero-order valence-electron chi connectivity index (χ0n) is 26.9. The molecule has 0 saturated heterocycles. The molecule has 4 aromatic rings. The van der Waals surface area contributed by atoms with Crippen molar-refractivity contribution in [1.29, 1.82) is 0 Å². The van der Waals surface area contributed by atoms with Crippen LogP contribution in [0.5, 0.6) is 0 Å². The van der Waals surface area contributed by atoms with Crippen LogP contribution in [0, 0.1) is 0 Å². The minimum atomic E-state index is -4.74. The van der Waals surface area contributed by atoms with Crippen molar-refractivity contribution in [2.45, 2.75) is 65.6 Å². The van der Waals surface area contributed by atoms with Crippen LogP contribution in [-0.2, 0) is 14.2 Å². The third-order valence-corrected chi connectivity index (χ3v) is 45.4. The van der Waals surface area contributed by atoms with E-state index in [9.17, 15) is 0 Å². The van der Waals surface area contributed by atoms with E-state index in [0.29, 0.717) is 19.2 Å². The van der Waals surface area contributed by atoms with Crippen molar-refractivity contribution in [2.24, 2.45) is 0 Å². The first-order valence-corrected chi connectivity index (χ1v) is 42.8. The van der Waals surface area contributed by atoms with E-state index in [1.165, 1.54) is 55.6 Å². The van der Waals surface area contributed by atoms with E-state index in [2.05, 4.69) is 163 Å². The molecule has 6 rings (SSSR count). The van der Waals surface area contributed by atoms with Crippen molar-refractivity contribution in [3.05, 3.63) is 130 Å². The van der Waals surface area contributed by atoms with Crippen LogP contribution < -0.4 is 0 Å². The van der Waals surface area contributed by atoms with Crippen molar-refractivity contribution >= 4 is 19.1 Å². The summed E-state index contributed by atoms with van der Waals surface area (Å²) >= 11 is -4.74. The molecule has 42 heavy (non-hydrogen) atoms. The molecule has 0 saturated carbocycles. The number of hydrogen-bond donors (Lipinski definition) is 0. The summed E-state index contributed by atoms with van der Waals surface area (Å²) in [5.41, 5.74) is 14.0. The first-order valence-electron chi connectivity index (χ1n) is 15.9. The second-order valence-corrected chi connectivity index (χ2v) is 105. The van der Waals surface area contributed by atoms with Gasteiger partial charge in [-0.2, -0.15) is 0 Å². The average Bonchev–Trinajstić information content (AvgIpc) is 3.59. The Kier molecular flexibility index (Phi) is 6.16. The standard InChI is InChI=1S/2C18H17.4CH3.Hf.H2Si/c2*1-13(2)14-9-11-16(12-10-14)18-8-4-6-15-5-3-7-17(15)18;;;;;;/h2*3-13H,1-2H3;4*1H3;;1H2. The molecule has 2 heteroatoms. The molecule has 0 nitrogen and oxygen atoms in total. The molecular formula is C40H48HfSi. The molecule has 0 spiro atoms. The van der Waals surface area contributed by atoms with Gasteiger partial charge in [-0.15, -0.1) is 0 Å². The Labute approximate surface area is 250 Å². The molecule has 0 bridgehead atoms. The number of allylic oxidation sites excluding steroid dienone is 2. The van der Waals surface area contributed by atoms with Crippen molar-refractivity contribution in [2.75, 3.05) is 0 Å². The second kappa shape index (κ2) is 8.76. The molecular weight excluding hydrogens is 687 g/mol. The first kappa shape index (κ1) is 29.5. The Bertz CT molecular complexity index is 1760. The Morgan fingerprint density at radius 1 is 0.524 bits per heavy atom. The number of fused-ring (bicyclic) bond motifs is 2. The van der Waals surface area contributed by atoms with Gasteiger partial charge in [-0.3, -0.25) is 0 Å². The summed E-state index contributed by atoms with van der Waals surface area (Å²) in [5.74, 6) is 1.09. The monoisotopic (exact) mass is 736 g/mol. The van der Waals surface area contributed by atoms with Gasteiger partial charge in [-0.1, -0.05) is 0 Å². The zero-order valence-corrected chi connectivity index (χ0v) is 31.9. The summed E-state index contributed by atoms with van der Waals surface area (Å²) < 4.78 is 11.7. The van der Waals surface area contributed by atoms with Crippen LogP contribution in [0.3, 0.4) is 0 Å². The summed E-state index contributed by atoms with van der Waals surface area (Å²) in [4.78, 5) is 0. The van der Waals surface area contributed by atoms with Crippen molar-refractivity contribution in [3.8, 4) is 22.3 Å². The fourth-order valence-corrected chi connectivity index (χ4v) is 37.0. The summed E-state index contributed by atoms with van der Waals surface area (Å²) in [6.45, 7) is 11.5. The van der Waals surface area contributed by atoms with Gasteiger partial charge in [0, 0.05) is 0 Å². The Hall–Kier alpha value is -2.55. The molecule has 0 amide bonds. The number of hydrogen-bond acceptors (Lipinski definition) is 0. The second-order valence-electron chi connectivity index (χ2n) is 18.1. The van der Waals surface area contributed by atoms with E-state index < -0.39 is 14.2 Å². The topological polar surface area (TPSA) is 0 Å². The van der Waals surface area contributed by atoms with Crippen molar-refractivity contribution in [3.63, 3.8) is 0 Å². The van der Waals surface area contributed by atoms with Gasteiger partial charge < -0.3 is 0 Å². The third-order valence-electron chi connectivity index (χ3n) is 10.9. The molecule has 216 valence electrons. The number of benzene rings is 4. The van der Waals surface area contributed by atoms with Crippen LogP contribution >= 0.6 is 0 Å². The average molecular weight is 735 g/mol. The molecule has 0 aromatic heterocycles. The number of rotatable bonds is 6. The molecule has 0 aliphatic heterocycles. The Morgan fingerprint density at radius 3 is 1.21 bits per heavy atom. The molecule has 0 fully saturated rings. The fourth-order valence-electron chi connectivity index (χ4n) is 8.13.